The number of rotatable bonds is 2. The molecule has 0 radical (unpaired) electrons. The predicted molar refractivity (Wildman–Crippen MR) is 123 cm³/mol. The fraction of sp³-hybridized carbons (Fsp3) is 0.850. The lowest BCUT2D eigenvalue weighted by Crippen LogP contribution is -2.45. The van der Waals surface area contributed by atoms with Crippen LogP contribution in [0.2, 0.25) is 0 Å². The highest BCUT2D eigenvalue weighted by atomic mass is 35.5. The van der Waals surface area contributed by atoms with E-state index in [0.29, 0.717) is 19.0 Å². The molecule has 2 fully saturated rings. The van der Waals surface area contributed by atoms with Crippen LogP contribution in [0.3, 0.4) is 0 Å². The molecule has 2 aliphatic heterocycles. The van der Waals surface area contributed by atoms with Crippen molar-refractivity contribution in [2.75, 3.05) is 47.5 Å². The third-order valence-corrected chi connectivity index (χ3v) is 4.35. The Hall–Kier alpha value is -1.58. The van der Waals surface area contributed by atoms with Crippen LogP contribution in [-0.2, 0) is 14.4 Å². The Bertz CT molecular complexity index is 538. The quantitative estimate of drug-likeness (QED) is 0.624. The maximum Gasteiger partial charge on any atom is 0.410 e. The number of carbonyl (C=O) groups excluding carboxylic acids is 1. The molecule has 2 aliphatic rings. The molecule has 2 unspecified atom stereocenters. The lowest BCUT2D eigenvalue weighted by Gasteiger charge is -2.33. The third kappa shape index (κ3) is 12.2. The second kappa shape index (κ2) is 16.2. The van der Waals surface area contributed by atoms with Crippen molar-refractivity contribution in [3.8, 4) is 0 Å². The maximum atomic E-state index is 11.9. The molecule has 0 bridgehead atoms. The molecule has 0 saturated carbocycles. The number of piperidine rings is 2. The first-order valence-corrected chi connectivity index (χ1v) is 10.0. The van der Waals surface area contributed by atoms with E-state index in [4.69, 9.17) is 19.5 Å². The Morgan fingerprint density at radius 1 is 1.07 bits per heavy atom. The van der Waals surface area contributed by atoms with Gasteiger partial charge in [0, 0.05) is 58.0 Å². The van der Waals surface area contributed by atoms with Crippen molar-refractivity contribution in [1.29, 1.82) is 0 Å². The Labute approximate surface area is 187 Å². The van der Waals surface area contributed by atoms with Gasteiger partial charge >= 0.3 is 6.09 Å². The number of nitrogens with one attached hydrogen (secondary N) is 1. The lowest BCUT2D eigenvalue weighted by atomic mass is 9.98. The first-order chi connectivity index (χ1) is 13.7. The predicted octanol–water partition coefficient (Wildman–Crippen LogP) is 2.91. The molecule has 0 aliphatic carbocycles. The number of ether oxygens (including phenoxy) is 1. The zero-order chi connectivity index (χ0) is 22.4. The molecule has 0 aromatic carbocycles. The molecule has 0 aromatic heterocycles. The van der Waals surface area contributed by atoms with E-state index in [2.05, 4.69) is 22.6 Å². The maximum absolute atomic E-state index is 11.9. The molecule has 2 rings (SSSR count). The largest absolute Gasteiger partial charge is 0.444 e. The van der Waals surface area contributed by atoms with Crippen molar-refractivity contribution in [2.24, 2.45) is 22.1 Å². The van der Waals surface area contributed by atoms with Crippen LogP contribution in [-0.4, -0.2) is 80.6 Å². The summed E-state index contributed by atoms with van der Waals surface area (Å²) < 4.78 is 5.34. The highest BCUT2D eigenvalue weighted by Crippen LogP contribution is 2.17. The number of halogens is 1. The molecule has 2 N–H and O–H groups in total. The van der Waals surface area contributed by atoms with Gasteiger partial charge in [0.05, 0.1) is 11.4 Å². The van der Waals surface area contributed by atoms with Crippen LogP contribution in [0.25, 0.3) is 0 Å². The van der Waals surface area contributed by atoms with E-state index in [-0.39, 0.29) is 24.4 Å². The third-order valence-electron chi connectivity index (χ3n) is 4.35. The van der Waals surface area contributed by atoms with Crippen LogP contribution < -0.4 is 5.32 Å². The molecule has 0 spiro atoms. The van der Waals surface area contributed by atoms with Gasteiger partial charge in [0.1, 0.15) is 19.8 Å². The highest BCUT2D eigenvalue weighted by molar-refractivity contribution is 5.88. The Kier molecular flexibility index (Phi) is 16.5. The zero-order valence-corrected chi connectivity index (χ0v) is 20.5. The van der Waals surface area contributed by atoms with Gasteiger partial charge < -0.3 is 29.7 Å². The summed E-state index contributed by atoms with van der Waals surface area (Å²) in [7, 11) is 4.14. The van der Waals surface area contributed by atoms with E-state index in [1.165, 1.54) is 5.71 Å². The van der Waals surface area contributed by atoms with Crippen LogP contribution in [0.1, 0.15) is 47.5 Å². The molecule has 30 heavy (non-hydrogen) atoms. The second-order valence-corrected chi connectivity index (χ2v) is 7.96. The summed E-state index contributed by atoms with van der Waals surface area (Å²) in [4.78, 5) is 23.1. The molecule has 0 aromatic rings. The first kappa shape index (κ1) is 30.6. The summed E-state index contributed by atoms with van der Waals surface area (Å²) in [6.07, 6.45) is 1.52. The van der Waals surface area contributed by atoms with E-state index in [0.717, 1.165) is 38.8 Å². The van der Waals surface area contributed by atoms with Crippen LogP contribution in [0.15, 0.2) is 10.3 Å². The van der Waals surface area contributed by atoms with E-state index in [9.17, 15) is 4.79 Å². The lowest BCUT2D eigenvalue weighted by molar-refractivity contribution is 0.0225. The molecule has 9 nitrogen and oxygen atoms in total. The van der Waals surface area contributed by atoms with Gasteiger partial charge in [-0.15, -0.1) is 12.4 Å². The van der Waals surface area contributed by atoms with Crippen LogP contribution >= 0.6 is 12.4 Å². The Morgan fingerprint density at radius 3 is 2.03 bits per heavy atom. The Morgan fingerprint density at radius 2 is 1.60 bits per heavy atom. The zero-order valence-electron chi connectivity index (χ0n) is 19.7. The van der Waals surface area contributed by atoms with Gasteiger partial charge in [0.25, 0.3) is 0 Å². The summed E-state index contributed by atoms with van der Waals surface area (Å²) >= 11 is 0. The summed E-state index contributed by atoms with van der Waals surface area (Å²) in [5, 5.41) is 18.2. The molecule has 2 heterocycles. The van der Waals surface area contributed by atoms with E-state index >= 15 is 0 Å². The second-order valence-electron chi connectivity index (χ2n) is 7.96. The van der Waals surface area contributed by atoms with Crippen molar-refractivity contribution in [1.82, 2.24) is 10.2 Å². The average molecular weight is 453 g/mol. The highest BCUT2D eigenvalue weighted by Gasteiger charge is 2.29. The minimum Gasteiger partial charge on any atom is -0.444 e. The first-order valence-electron chi connectivity index (χ1n) is 10.0. The molecular weight excluding hydrogens is 412 g/mol. The number of carbonyl (C=O) groups is 1. The number of aliphatic hydroxyl groups is 1. The smallest absolute Gasteiger partial charge is 0.410 e. The fourth-order valence-corrected chi connectivity index (χ4v) is 2.92. The minimum atomic E-state index is -0.443. The fourth-order valence-electron chi connectivity index (χ4n) is 2.92. The van der Waals surface area contributed by atoms with Crippen molar-refractivity contribution in [2.45, 2.75) is 53.1 Å². The SMILES string of the molecule is CO.CO/N=C1\CCN(C(=O)OC(C)(C)C)CC1C.CO/N=C1\CCNCC1C.Cl. The number of likely N-dealkylation sites (tertiary alicyclic amines) is 1. The number of nitrogens with zero attached hydrogens (tertiary/aromatic N) is 3. The normalized spacial score (nSPS) is 23.8. The van der Waals surface area contributed by atoms with Gasteiger partial charge in [-0.1, -0.05) is 24.2 Å². The summed E-state index contributed by atoms with van der Waals surface area (Å²) in [5.41, 5.74) is 1.75. The minimum absolute atomic E-state index is 0. The van der Waals surface area contributed by atoms with Crippen LogP contribution in [0.5, 0.6) is 0 Å². The summed E-state index contributed by atoms with van der Waals surface area (Å²) in [5.74, 6) is 0.755. The standard InChI is InChI=1S/C12H22N2O3.C7H14N2O.CH4O.ClH/c1-9-8-14(7-6-10(9)13-16-5)11(15)17-12(2,3)4;1-6-5-8-4-3-7(6)9-10-2;1-2;/h9H,6-8H2,1-5H3;6,8H,3-5H2,1-2H3;2H,1H3;1H/b13-10+;9-7+;;. The van der Waals surface area contributed by atoms with Gasteiger partial charge in [0.2, 0.25) is 0 Å². The molecule has 2 saturated heterocycles. The van der Waals surface area contributed by atoms with Crippen molar-refractivity contribution in [3.05, 3.63) is 0 Å². The number of oxime groups is 2. The van der Waals surface area contributed by atoms with Gasteiger partial charge in [-0.25, -0.2) is 4.79 Å². The molecule has 178 valence electrons. The van der Waals surface area contributed by atoms with Gasteiger partial charge in [0.15, 0.2) is 0 Å². The molecule has 2 atom stereocenters. The number of hydrogen-bond acceptors (Lipinski definition) is 8. The van der Waals surface area contributed by atoms with E-state index < -0.39 is 5.60 Å². The van der Waals surface area contributed by atoms with E-state index in [1.807, 2.05) is 27.7 Å². The van der Waals surface area contributed by atoms with Gasteiger partial charge in [-0.3, -0.25) is 0 Å². The van der Waals surface area contributed by atoms with E-state index in [1.54, 1.807) is 19.1 Å². The van der Waals surface area contributed by atoms with Gasteiger partial charge in [-0.2, -0.15) is 0 Å². The van der Waals surface area contributed by atoms with Crippen molar-refractivity contribution < 1.29 is 24.3 Å². The number of amides is 1. The summed E-state index contributed by atoms with van der Waals surface area (Å²) in [6, 6.07) is 0. The molecule has 10 heteroatoms. The Balaban J connectivity index is 0. The van der Waals surface area contributed by atoms with Crippen molar-refractivity contribution >= 4 is 29.9 Å². The monoisotopic (exact) mass is 452 g/mol. The molecule has 1 amide bonds. The number of aliphatic hydroxyl groups excluding tert-OH is 1. The van der Waals surface area contributed by atoms with Crippen molar-refractivity contribution in [3.63, 3.8) is 0 Å². The van der Waals surface area contributed by atoms with Crippen LogP contribution in [0.4, 0.5) is 4.79 Å². The topological polar surface area (TPSA) is 105 Å². The van der Waals surface area contributed by atoms with Crippen LogP contribution in [0, 0.1) is 11.8 Å². The number of hydrogen-bond donors (Lipinski definition) is 2. The average Bonchev–Trinajstić information content (AvgIpc) is 2.66. The summed E-state index contributed by atoms with van der Waals surface area (Å²) in [6.45, 7) is 13.1. The van der Waals surface area contributed by atoms with Gasteiger partial charge in [-0.05, 0) is 20.8 Å². The molecular formula is C20H41ClN4O5.